The summed E-state index contributed by atoms with van der Waals surface area (Å²) in [5.41, 5.74) is 15.2. The van der Waals surface area contributed by atoms with Gasteiger partial charge in [-0.15, -0.1) is 0 Å². The normalized spacial score (nSPS) is 11.7. The standard InChI is InChI=1S/C15H15N7O.2CH4O3S/c1-7(2)22-14-11(13(16)18-6-19-14)12(21-22)8-3-4-10-9(5-8)20-15(17)23-10;2*1-5(2,3)4/h3-7H,1-2H3,(H2,17,20)(H2,16,18,19);2*1H3,(H,2,3,4). The van der Waals surface area contributed by atoms with Crippen LogP contribution in [0.5, 0.6) is 0 Å². The number of nitrogen functional groups attached to an aromatic ring is 2. The Labute approximate surface area is 189 Å². The van der Waals surface area contributed by atoms with Gasteiger partial charge in [0, 0.05) is 11.6 Å². The average molecular weight is 502 g/mol. The lowest BCUT2D eigenvalue weighted by molar-refractivity contribution is 0.488. The number of hydrogen-bond acceptors (Lipinski definition) is 11. The van der Waals surface area contributed by atoms with Gasteiger partial charge in [0.25, 0.3) is 26.3 Å². The largest absolute Gasteiger partial charge is 0.424 e. The second-order valence-electron chi connectivity index (χ2n) is 7.05. The van der Waals surface area contributed by atoms with E-state index in [1.54, 1.807) is 0 Å². The number of aromatic nitrogens is 5. The van der Waals surface area contributed by atoms with Crippen LogP contribution in [0, 0.1) is 0 Å². The fourth-order valence-corrected chi connectivity index (χ4v) is 2.65. The van der Waals surface area contributed by atoms with Crippen LogP contribution in [0.4, 0.5) is 11.8 Å². The van der Waals surface area contributed by atoms with Crippen molar-refractivity contribution in [1.29, 1.82) is 0 Å². The number of anilines is 2. The van der Waals surface area contributed by atoms with E-state index in [4.69, 9.17) is 25.0 Å². The summed E-state index contributed by atoms with van der Waals surface area (Å²) >= 11 is 0. The maximum absolute atomic E-state index is 9.19. The van der Waals surface area contributed by atoms with E-state index in [-0.39, 0.29) is 12.1 Å². The van der Waals surface area contributed by atoms with Crippen molar-refractivity contribution in [1.82, 2.24) is 24.7 Å². The van der Waals surface area contributed by atoms with Gasteiger partial charge in [0.1, 0.15) is 23.4 Å². The van der Waals surface area contributed by atoms with Crippen molar-refractivity contribution < 1.29 is 30.4 Å². The molecule has 0 atom stereocenters. The molecule has 0 amide bonds. The average Bonchev–Trinajstić information content (AvgIpc) is 3.18. The highest BCUT2D eigenvalue weighted by molar-refractivity contribution is 7.85. The fraction of sp³-hybridized carbons (Fsp3) is 0.294. The molecule has 33 heavy (non-hydrogen) atoms. The molecule has 0 fully saturated rings. The highest BCUT2D eigenvalue weighted by Crippen LogP contribution is 2.33. The Bertz CT molecular complexity index is 1450. The van der Waals surface area contributed by atoms with E-state index >= 15 is 0 Å². The predicted octanol–water partition coefficient (Wildman–Crippen LogP) is 1.39. The first-order valence-electron chi connectivity index (χ1n) is 9.04. The molecule has 3 heterocycles. The van der Waals surface area contributed by atoms with Crippen LogP contribution < -0.4 is 11.5 Å². The van der Waals surface area contributed by atoms with Crippen molar-refractivity contribution in [2.75, 3.05) is 24.0 Å². The summed E-state index contributed by atoms with van der Waals surface area (Å²) in [5.74, 6) is 0.400. The first-order valence-corrected chi connectivity index (χ1v) is 12.7. The number of nitrogens with zero attached hydrogens (tertiary/aromatic N) is 5. The summed E-state index contributed by atoms with van der Waals surface area (Å²) in [6.45, 7) is 4.08. The van der Waals surface area contributed by atoms with E-state index in [0.717, 1.165) is 16.6 Å². The molecule has 16 heteroatoms. The monoisotopic (exact) mass is 501 g/mol. The van der Waals surface area contributed by atoms with Crippen LogP contribution in [-0.2, 0) is 20.2 Å². The summed E-state index contributed by atoms with van der Waals surface area (Å²) < 4.78 is 58.9. The molecular formula is C17H23N7O7S2. The zero-order valence-corrected chi connectivity index (χ0v) is 19.7. The Balaban J connectivity index is 0.000000327. The molecular weight excluding hydrogens is 478 g/mol. The number of nitrogens with two attached hydrogens (primary N) is 2. The predicted molar refractivity (Wildman–Crippen MR) is 122 cm³/mol. The first-order chi connectivity index (χ1) is 15.0. The van der Waals surface area contributed by atoms with Gasteiger partial charge in [-0.25, -0.2) is 14.6 Å². The zero-order chi connectivity index (χ0) is 25.1. The molecule has 0 aliphatic heterocycles. The fourth-order valence-electron chi connectivity index (χ4n) is 2.65. The van der Waals surface area contributed by atoms with E-state index in [2.05, 4.69) is 20.1 Å². The molecule has 180 valence electrons. The molecule has 0 spiro atoms. The van der Waals surface area contributed by atoms with Crippen LogP contribution in [-0.4, -0.2) is 63.2 Å². The van der Waals surface area contributed by atoms with E-state index in [0.29, 0.717) is 35.1 Å². The lowest BCUT2D eigenvalue weighted by Gasteiger charge is -2.05. The van der Waals surface area contributed by atoms with Crippen LogP contribution in [0.2, 0.25) is 0 Å². The van der Waals surface area contributed by atoms with Gasteiger partial charge in [0.05, 0.1) is 17.9 Å². The van der Waals surface area contributed by atoms with Crippen LogP contribution in [0.3, 0.4) is 0 Å². The quantitative estimate of drug-likeness (QED) is 0.285. The smallest absolute Gasteiger partial charge is 0.292 e. The molecule has 14 nitrogen and oxygen atoms in total. The molecule has 3 aromatic heterocycles. The Morgan fingerprint density at radius 1 is 1.03 bits per heavy atom. The zero-order valence-electron chi connectivity index (χ0n) is 18.0. The molecule has 0 aliphatic carbocycles. The van der Waals surface area contributed by atoms with E-state index in [1.165, 1.54) is 6.33 Å². The first kappa shape index (κ1) is 25.9. The molecule has 0 saturated heterocycles. The van der Waals surface area contributed by atoms with Crippen LogP contribution in [0.1, 0.15) is 19.9 Å². The number of oxazole rings is 1. The Kier molecular flexibility index (Phi) is 7.58. The Hall–Kier alpha value is -3.34. The Morgan fingerprint density at radius 3 is 2.15 bits per heavy atom. The molecule has 1 aromatic carbocycles. The number of benzene rings is 1. The third kappa shape index (κ3) is 7.63. The second-order valence-corrected chi connectivity index (χ2v) is 9.98. The van der Waals surface area contributed by atoms with Gasteiger partial charge in [-0.1, -0.05) is 0 Å². The summed E-state index contributed by atoms with van der Waals surface area (Å²) in [6, 6.07) is 5.86. The minimum atomic E-state index is -3.67. The van der Waals surface area contributed by atoms with Crippen molar-refractivity contribution in [2.45, 2.75) is 19.9 Å². The van der Waals surface area contributed by atoms with Crippen molar-refractivity contribution >= 4 is 54.2 Å². The lowest BCUT2D eigenvalue weighted by Crippen LogP contribution is -2.04. The topological polar surface area (TPSA) is 230 Å². The van der Waals surface area contributed by atoms with Crippen molar-refractivity contribution in [3.63, 3.8) is 0 Å². The summed E-state index contributed by atoms with van der Waals surface area (Å²) in [4.78, 5) is 12.6. The third-order valence-electron chi connectivity index (χ3n) is 3.68. The molecule has 4 rings (SSSR count). The van der Waals surface area contributed by atoms with Gasteiger partial charge in [-0.05, 0) is 32.0 Å². The molecule has 0 aliphatic rings. The van der Waals surface area contributed by atoms with E-state index in [9.17, 15) is 16.8 Å². The third-order valence-corrected chi connectivity index (χ3v) is 3.68. The second kappa shape index (κ2) is 9.65. The van der Waals surface area contributed by atoms with Crippen LogP contribution in [0.15, 0.2) is 28.9 Å². The van der Waals surface area contributed by atoms with Gasteiger partial charge in [-0.2, -0.15) is 26.9 Å². The summed E-state index contributed by atoms with van der Waals surface area (Å²) in [5, 5.41) is 5.41. The Morgan fingerprint density at radius 2 is 1.61 bits per heavy atom. The summed E-state index contributed by atoms with van der Waals surface area (Å²) in [6.07, 6.45) is 2.88. The van der Waals surface area contributed by atoms with Crippen LogP contribution >= 0.6 is 0 Å². The summed E-state index contributed by atoms with van der Waals surface area (Å²) in [7, 11) is -7.33. The SMILES string of the molecule is CC(C)n1nc(-c2ccc3oc(N)nc3c2)c2c(N)ncnc21.CS(=O)(=O)O.CS(=O)(=O)O. The molecule has 0 bridgehead atoms. The van der Waals surface area contributed by atoms with Gasteiger partial charge < -0.3 is 15.9 Å². The van der Waals surface area contributed by atoms with E-state index < -0.39 is 20.2 Å². The van der Waals surface area contributed by atoms with Gasteiger partial charge in [0.15, 0.2) is 11.2 Å². The van der Waals surface area contributed by atoms with Crippen molar-refractivity contribution in [3.8, 4) is 11.3 Å². The van der Waals surface area contributed by atoms with Crippen molar-refractivity contribution in [3.05, 3.63) is 24.5 Å². The maximum Gasteiger partial charge on any atom is 0.292 e. The maximum atomic E-state index is 9.19. The highest BCUT2D eigenvalue weighted by atomic mass is 32.2. The number of rotatable bonds is 2. The molecule has 6 N–H and O–H groups in total. The minimum Gasteiger partial charge on any atom is -0.424 e. The van der Waals surface area contributed by atoms with Gasteiger partial charge >= 0.3 is 0 Å². The van der Waals surface area contributed by atoms with Gasteiger partial charge in [-0.3, -0.25) is 9.11 Å². The molecule has 4 aromatic rings. The number of fused-ring (bicyclic) bond motifs is 2. The van der Waals surface area contributed by atoms with E-state index in [1.807, 2.05) is 36.7 Å². The lowest BCUT2D eigenvalue weighted by atomic mass is 10.1. The highest BCUT2D eigenvalue weighted by Gasteiger charge is 2.19. The van der Waals surface area contributed by atoms with Gasteiger partial charge in [0.2, 0.25) is 0 Å². The molecule has 0 radical (unpaired) electrons. The van der Waals surface area contributed by atoms with Crippen molar-refractivity contribution in [2.24, 2.45) is 0 Å². The minimum absolute atomic E-state index is 0.137. The molecule has 0 saturated carbocycles. The van der Waals surface area contributed by atoms with Crippen LogP contribution in [0.25, 0.3) is 33.4 Å². The number of hydrogen-bond donors (Lipinski definition) is 4. The molecule has 0 unspecified atom stereocenters.